The summed E-state index contributed by atoms with van der Waals surface area (Å²) in [5, 5.41) is 18.2. The van der Waals surface area contributed by atoms with Gasteiger partial charge in [0, 0.05) is 19.3 Å². The van der Waals surface area contributed by atoms with Gasteiger partial charge in [0.25, 0.3) is 0 Å². The monoisotopic (exact) mass is 224 g/mol. The van der Waals surface area contributed by atoms with Crippen LogP contribution in [0.15, 0.2) is 6.07 Å². The number of aliphatic hydroxyl groups excluding tert-OH is 1. The molecule has 0 aliphatic carbocycles. The molecule has 0 spiro atoms. The first kappa shape index (κ1) is 13.1. The highest BCUT2D eigenvalue weighted by Gasteiger charge is 2.19. The van der Waals surface area contributed by atoms with Gasteiger partial charge in [-0.25, -0.2) is 0 Å². The van der Waals surface area contributed by atoms with Gasteiger partial charge in [0.2, 0.25) is 0 Å². The van der Waals surface area contributed by atoms with Crippen LogP contribution in [-0.4, -0.2) is 29.0 Å². The first-order chi connectivity index (χ1) is 7.56. The molecule has 0 saturated heterocycles. The molecular weight excluding hydrogens is 204 g/mol. The summed E-state index contributed by atoms with van der Waals surface area (Å²) in [6.45, 7) is 6.42. The van der Waals surface area contributed by atoms with Gasteiger partial charge < -0.3 is 9.84 Å². The third kappa shape index (κ3) is 3.25. The molecule has 4 heteroatoms. The summed E-state index contributed by atoms with van der Waals surface area (Å²) in [7, 11) is 1.67. The van der Waals surface area contributed by atoms with Crippen molar-refractivity contribution >= 4 is 0 Å². The number of methoxy groups -OCH3 is 1. The molecule has 2 atom stereocenters. The summed E-state index contributed by atoms with van der Waals surface area (Å²) >= 11 is 0. The van der Waals surface area contributed by atoms with Crippen molar-refractivity contribution in [1.29, 1.82) is 0 Å². The first-order valence-electron chi connectivity index (χ1n) is 5.54. The molecule has 0 radical (unpaired) electrons. The van der Waals surface area contributed by atoms with Gasteiger partial charge in [0.05, 0.1) is 17.5 Å². The Morgan fingerprint density at radius 2 is 2.06 bits per heavy atom. The average molecular weight is 224 g/mol. The lowest BCUT2D eigenvalue weighted by atomic mass is 9.94. The summed E-state index contributed by atoms with van der Waals surface area (Å²) in [5.74, 6) is 0.155. The molecule has 4 nitrogen and oxygen atoms in total. The van der Waals surface area contributed by atoms with E-state index in [-0.39, 0.29) is 5.92 Å². The second kappa shape index (κ2) is 5.92. The molecule has 0 aliphatic heterocycles. The molecule has 0 bridgehead atoms. The lowest BCUT2D eigenvalue weighted by molar-refractivity contribution is 0.0876. The van der Waals surface area contributed by atoms with Crippen molar-refractivity contribution in [3.8, 4) is 0 Å². The molecular formula is C12H20N2O2. The number of aromatic nitrogens is 2. The fourth-order valence-electron chi connectivity index (χ4n) is 1.64. The van der Waals surface area contributed by atoms with E-state index in [4.69, 9.17) is 4.74 Å². The third-order valence-corrected chi connectivity index (χ3v) is 2.77. The summed E-state index contributed by atoms with van der Waals surface area (Å²) in [4.78, 5) is 0. The maximum absolute atomic E-state index is 10.2. The minimum Gasteiger partial charge on any atom is -0.388 e. The van der Waals surface area contributed by atoms with Crippen molar-refractivity contribution in [3.05, 3.63) is 23.0 Å². The molecule has 1 heterocycles. The maximum atomic E-state index is 10.2. The molecule has 2 unspecified atom stereocenters. The van der Waals surface area contributed by atoms with Crippen LogP contribution in [-0.2, 0) is 4.74 Å². The Balaban J connectivity index is 2.78. The van der Waals surface area contributed by atoms with Crippen LogP contribution < -0.4 is 0 Å². The van der Waals surface area contributed by atoms with E-state index in [1.807, 2.05) is 26.8 Å². The van der Waals surface area contributed by atoms with E-state index >= 15 is 0 Å². The molecule has 16 heavy (non-hydrogen) atoms. The van der Waals surface area contributed by atoms with Gasteiger partial charge in [-0.3, -0.25) is 0 Å². The molecule has 90 valence electrons. The predicted molar refractivity (Wildman–Crippen MR) is 62.1 cm³/mol. The van der Waals surface area contributed by atoms with Crippen molar-refractivity contribution in [2.45, 2.75) is 33.3 Å². The Labute approximate surface area is 96.7 Å². The number of aryl methyl sites for hydroxylation is 2. The van der Waals surface area contributed by atoms with Crippen molar-refractivity contribution in [2.24, 2.45) is 5.92 Å². The zero-order chi connectivity index (χ0) is 12.1. The highest BCUT2D eigenvalue weighted by molar-refractivity contribution is 5.22. The van der Waals surface area contributed by atoms with Crippen LogP contribution in [0.4, 0.5) is 0 Å². The average Bonchev–Trinajstić information content (AvgIpc) is 2.28. The largest absolute Gasteiger partial charge is 0.388 e. The maximum Gasteiger partial charge on any atom is 0.0835 e. The second-order valence-corrected chi connectivity index (χ2v) is 4.23. The Bertz CT molecular complexity index is 342. The molecule has 1 aromatic heterocycles. The Hall–Kier alpha value is -1.00. The standard InChI is InChI=1S/C12H20N2O2/c1-8(5-6-16-4)12(15)11-7-9(2)13-14-10(11)3/h7-8,12,15H,5-6H2,1-4H3. The van der Waals surface area contributed by atoms with Crippen molar-refractivity contribution in [1.82, 2.24) is 10.2 Å². The van der Waals surface area contributed by atoms with E-state index in [9.17, 15) is 5.11 Å². The number of nitrogens with zero attached hydrogens (tertiary/aromatic N) is 2. The summed E-state index contributed by atoms with van der Waals surface area (Å²) in [6, 6.07) is 1.90. The quantitative estimate of drug-likeness (QED) is 0.828. The van der Waals surface area contributed by atoms with E-state index in [0.29, 0.717) is 6.61 Å². The van der Waals surface area contributed by atoms with E-state index in [1.54, 1.807) is 7.11 Å². The minimum atomic E-state index is -0.496. The molecule has 0 fully saturated rings. The Morgan fingerprint density at radius 3 is 2.69 bits per heavy atom. The number of ether oxygens (including phenoxy) is 1. The summed E-state index contributed by atoms with van der Waals surface area (Å²) < 4.78 is 5.01. The van der Waals surface area contributed by atoms with Gasteiger partial charge in [-0.15, -0.1) is 0 Å². The van der Waals surface area contributed by atoms with Crippen LogP contribution in [0.3, 0.4) is 0 Å². The van der Waals surface area contributed by atoms with Crippen molar-refractivity contribution in [3.63, 3.8) is 0 Å². The molecule has 1 rings (SSSR count). The van der Waals surface area contributed by atoms with Crippen LogP contribution in [0.25, 0.3) is 0 Å². The highest BCUT2D eigenvalue weighted by Crippen LogP contribution is 2.26. The topological polar surface area (TPSA) is 55.2 Å². The fourth-order valence-corrected chi connectivity index (χ4v) is 1.64. The van der Waals surface area contributed by atoms with Crippen molar-refractivity contribution in [2.75, 3.05) is 13.7 Å². The number of hydrogen-bond acceptors (Lipinski definition) is 4. The van der Waals surface area contributed by atoms with Crippen molar-refractivity contribution < 1.29 is 9.84 Å². The van der Waals surface area contributed by atoms with Gasteiger partial charge in [-0.05, 0) is 32.3 Å². The molecule has 0 aromatic carbocycles. The van der Waals surface area contributed by atoms with Gasteiger partial charge in [-0.2, -0.15) is 10.2 Å². The minimum absolute atomic E-state index is 0.155. The fraction of sp³-hybridized carbons (Fsp3) is 0.667. The molecule has 1 N–H and O–H groups in total. The number of aliphatic hydroxyl groups is 1. The van der Waals surface area contributed by atoms with Crippen LogP contribution in [0, 0.1) is 19.8 Å². The SMILES string of the molecule is COCCC(C)C(O)c1cc(C)nnc1C. The Kier molecular flexibility index (Phi) is 4.83. The zero-order valence-corrected chi connectivity index (χ0v) is 10.4. The van der Waals surface area contributed by atoms with Crippen LogP contribution in [0.5, 0.6) is 0 Å². The predicted octanol–water partition coefficient (Wildman–Crippen LogP) is 1.80. The van der Waals surface area contributed by atoms with E-state index in [2.05, 4.69) is 10.2 Å². The number of hydrogen-bond donors (Lipinski definition) is 1. The molecule has 0 amide bonds. The molecule has 0 saturated carbocycles. The van der Waals surface area contributed by atoms with E-state index < -0.39 is 6.10 Å². The van der Waals surface area contributed by atoms with Gasteiger partial charge in [0.15, 0.2) is 0 Å². The Morgan fingerprint density at radius 1 is 1.38 bits per heavy atom. The van der Waals surface area contributed by atoms with Gasteiger partial charge in [-0.1, -0.05) is 6.92 Å². The highest BCUT2D eigenvalue weighted by atomic mass is 16.5. The van der Waals surface area contributed by atoms with Crippen LogP contribution in [0.2, 0.25) is 0 Å². The lowest BCUT2D eigenvalue weighted by Gasteiger charge is -2.20. The van der Waals surface area contributed by atoms with E-state index in [1.165, 1.54) is 0 Å². The van der Waals surface area contributed by atoms with Crippen LogP contribution in [0.1, 0.15) is 36.4 Å². The normalized spacial score (nSPS) is 14.8. The smallest absolute Gasteiger partial charge is 0.0835 e. The zero-order valence-electron chi connectivity index (χ0n) is 10.4. The van der Waals surface area contributed by atoms with Gasteiger partial charge >= 0.3 is 0 Å². The lowest BCUT2D eigenvalue weighted by Crippen LogP contribution is -2.14. The summed E-state index contributed by atoms with van der Waals surface area (Å²) in [5.41, 5.74) is 2.50. The van der Waals surface area contributed by atoms with E-state index in [0.717, 1.165) is 23.4 Å². The van der Waals surface area contributed by atoms with Crippen LogP contribution >= 0.6 is 0 Å². The van der Waals surface area contributed by atoms with Gasteiger partial charge in [0.1, 0.15) is 0 Å². The first-order valence-corrected chi connectivity index (χ1v) is 5.54. The molecule has 1 aromatic rings. The number of rotatable bonds is 5. The summed E-state index contributed by atoms with van der Waals surface area (Å²) in [6.07, 6.45) is 0.336. The molecule has 0 aliphatic rings. The second-order valence-electron chi connectivity index (χ2n) is 4.23. The third-order valence-electron chi connectivity index (χ3n) is 2.77.